The molecule has 2 unspecified atom stereocenters. The second-order valence-corrected chi connectivity index (χ2v) is 6.11. The fraction of sp³-hybridized carbons (Fsp3) is 0.500. The van der Waals surface area contributed by atoms with E-state index in [2.05, 4.69) is 15.9 Å². The minimum atomic E-state index is -0.405. The zero-order chi connectivity index (χ0) is 12.9. The number of hydrogen-bond acceptors (Lipinski definition) is 2. The molecule has 0 amide bonds. The Morgan fingerprint density at radius 2 is 2.00 bits per heavy atom. The fourth-order valence-electron chi connectivity index (χ4n) is 3.04. The average Bonchev–Trinajstić information content (AvgIpc) is 2.98. The van der Waals surface area contributed by atoms with Crippen molar-refractivity contribution in [1.82, 2.24) is 0 Å². The van der Waals surface area contributed by atoms with Gasteiger partial charge in [0.05, 0.1) is 17.1 Å². The molecule has 0 N–H and O–H groups in total. The molecule has 1 aromatic carbocycles. The lowest BCUT2D eigenvalue weighted by atomic mass is 9.93. The highest BCUT2D eigenvalue weighted by atomic mass is 79.9. The monoisotopic (exact) mass is 312 g/mol. The van der Waals surface area contributed by atoms with Crippen LogP contribution in [0.15, 0.2) is 16.6 Å². The fourth-order valence-corrected chi connectivity index (χ4v) is 3.38. The summed E-state index contributed by atoms with van der Waals surface area (Å²) in [6.45, 7) is 0. The Balaban J connectivity index is 1.90. The van der Waals surface area contributed by atoms with Gasteiger partial charge in [-0.3, -0.25) is 4.79 Å². The smallest absolute Gasteiger partial charge is 0.169 e. The summed E-state index contributed by atoms with van der Waals surface area (Å²) < 4.78 is 18.9. The van der Waals surface area contributed by atoms with Gasteiger partial charge < -0.3 is 4.74 Å². The molecule has 2 nitrogen and oxygen atoms in total. The molecule has 2 aliphatic rings. The van der Waals surface area contributed by atoms with E-state index in [0.717, 1.165) is 24.7 Å². The molecule has 0 spiro atoms. The molecular weight excluding hydrogens is 299 g/mol. The van der Waals surface area contributed by atoms with Gasteiger partial charge in [0, 0.05) is 12.0 Å². The highest BCUT2D eigenvalue weighted by molar-refractivity contribution is 9.10. The van der Waals surface area contributed by atoms with E-state index >= 15 is 0 Å². The summed E-state index contributed by atoms with van der Waals surface area (Å²) in [7, 11) is 1.46. The van der Waals surface area contributed by atoms with E-state index in [1.807, 2.05) is 0 Å². The number of carbonyl (C=O) groups is 1. The summed E-state index contributed by atoms with van der Waals surface area (Å²) in [6, 6.07) is 2.81. The number of ether oxygens (including phenoxy) is 1. The molecular formula is C14H14BrFO2. The maximum atomic E-state index is 13.4. The first-order valence-electron chi connectivity index (χ1n) is 6.17. The molecule has 2 saturated carbocycles. The summed E-state index contributed by atoms with van der Waals surface area (Å²) in [4.78, 5) is 12.4. The lowest BCUT2D eigenvalue weighted by Crippen LogP contribution is -2.14. The quantitative estimate of drug-likeness (QED) is 0.793. The van der Waals surface area contributed by atoms with Crippen LogP contribution in [0.5, 0.6) is 5.75 Å². The molecule has 0 bridgehead atoms. The number of hydrogen-bond donors (Lipinski definition) is 0. The van der Waals surface area contributed by atoms with Crippen molar-refractivity contribution in [2.45, 2.75) is 19.3 Å². The Hall–Kier alpha value is -0.900. The van der Waals surface area contributed by atoms with Crippen molar-refractivity contribution in [2.75, 3.05) is 7.11 Å². The van der Waals surface area contributed by atoms with Gasteiger partial charge in [0.15, 0.2) is 5.78 Å². The number of fused-ring (bicyclic) bond motifs is 1. The van der Waals surface area contributed by atoms with Gasteiger partial charge in [0.2, 0.25) is 0 Å². The Kier molecular flexibility index (Phi) is 2.93. The molecule has 96 valence electrons. The summed E-state index contributed by atoms with van der Waals surface area (Å²) in [6.07, 6.45) is 3.26. The Morgan fingerprint density at radius 3 is 2.61 bits per heavy atom. The Labute approximate surface area is 114 Å². The number of rotatable bonds is 3. The number of halogens is 2. The van der Waals surface area contributed by atoms with Gasteiger partial charge in [-0.2, -0.15) is 0 Å². The standard InChI is InChI=1S/C14H14BrFO2/c1-18-13-6-12(16)11(15)5-10(13)14(17)9-3-7-2-8(7)4-9/h5-9H,2-4H2,1H3. The van der Waals surface area contributed by atoms with Gasteiger partial charge in [-0.1, -0.05) is 0 Å². The first-order valence-corrected chi connectivity index (χ1v) is 6.96. The molecule has 1 aromatic rings. The van der Waals surface area contributed by atoms with E-state index < -0.39 is 5.82 Å². The molecule has 2 aliphatic carbocycles. The van der Waals surface area contributed by atoms with Gasteiger partial charge in [0.25, 0.3) is 0 Å². The third kappa shape index (κ3) is 1.96. The summed E-state index contributed by atoms with van der Waals surface area (Å²) in [5, 5.41) is 0. The molecule has 18 heavy (non-hydrogen) atoms. The second-order valence-electron chi connectivity index (χ2n) is 5.26. The van der Waals surface area contributed by atoms with Crippen molar-refractivity contribution in [2.24, 2.45) is 17.8 Å². The van der Waals surface area contributed by atoms with Crippen LogP contribution in [-0.2, 0) is 0 Å². The molecule has 0 aliphatic heterocycles. The van der Waals surface area contributed by atoms with Gasteiger partial charge >= 0.3 is 0 Å². The zero-order valence-electron chi connectivity index (χ0n) is 10.1. The van der Waals surface area contributed by atoms with Gasteiger partial charge in [-0.25, -0.2) is 4.39 Å². The molecule has 0 saturated heterocycles. The van der Waals surface area contributed by atoms with E-state index in [4.69, 9.17) is 4.74 Å². The van der Waals surface area contributed by atoms with Crippen LogP contribution in [0.1, 0.15) is 29.6 Å². The normalized spacial score (nSPS) is 28.9. The predicted molar refractivity (Wildman–Crippen MR) is 69.3 cm³/mol. The third-order valence-electron chi connectivity index (χ3n) is 4.12. The summed E-state index contributed by atoms with van der Waals surface area (Å²) in [5.74, 6) is 1.64. The SMILES string of the molecule is COc1cc(F)c(Br)cc1C(=O)C1CC2CC2C1. The van der Waals surface area contributed by atoms with Crippen molar-refractivity contribution < 1.29 is 13.9 Å². The van der Waals surface area contributed by atoms with Crippen LogP contribution in [0, 0.1) is 23.6 Å². The summed E-state index contributed by atoms with van der Waals surface area (Å²) >= 11 is 3.12. The molecule has 2 fully saturated rings. The zero-order valence-corrected chi connectivity index (χ0v) is 11.7. The first-order chi connectivity index (χ1) is 8.60. The van der Waals surface area contributed by atoms with Crippen LogP contribution in [-0.4, -0.2) is 12.9 Å². The predicted octanol–water partition coefficient (Wildman–Crippen LogP) is 3.83. The van der Waals surface area contributed by atoms with E-state index in [0.29, 0.717) is 15.8 Å². The van der Waals surface area contributed by atoms with Crippen LogP contribution in [0.4, 0.5) is 4.39 Å². The van der Waals surface area contributed by atoms with Gasteiger partial charge in [0.1, 0.15) is 11.6 Å². The summed E-state index contributed by atoms with van der Waals surface area (Å²) in [5.41, 5.74) is 0.497. The first kappa shape index (κ1) is 12.2. The van der Waals surface area contributed by atoms with E-state index in [-0.39, 0.29) is 11.7 Å². The number of methoxy groups -OCH3 is 1. The van der Waals surface area contributed by atoms with Crippen LogP contribution >= 0.6 is 15.9 Å². The van der Waals surface area contributed by atoms with E-state index in [1.165, 1.54) is 19.6 Å². The van der Waals surface area contributed by atoms with Crippen molar-refractivity contribution in [3.05, 3.63) is 28.0 Å². The molecule has 0 heterocycles. The van der Waals surface area contributed by atoms with Crippen molar-refractivity contribution >= 4 is 21.7 Å². The molecule has 0 aromatic heterocycles. The number of benzene rings is 1. The minimum absolute atomic E-state index is 0.0970. The molecule has 0 radical (unpaired) electrons. The minimum Gasteiger partial charge on any atom is -0.496 e. The van der Waals surface area contributed by atoms with E-state index in [9.17, 15) is 9.18 Å². The number of carbonyl (C=O) groups excluding carboxylic acids is 1. The highest BCUT2D eigenvalue weighted by Gasteiger charge is 2.48. The lowest BCUT2D eigenvalue weighted by Gasteiger charge is -2.14. The van der Waals surface area contributed by atoms with Gasteiger partial charge in [-0.15, -0.1) is 0 Å². The van der Waals surface area contributed by atoms with Crippen molar-refractivity contribution in [3.8, 4) is 5.75 Å². The molecule has 3 rings (SSSR count). The molecule has 2 atom stereocenters. The van der Waals surface area contributed by atoms with Crippen LogP contribution in [0.25, 0.3) is 0 Å². The lowest BCUT2D eigenvalue weighted by molar-refractivity contribution is 0.0911. The van der Waals surface area contributed by atoms with Crippen LogP contribution in [0.3, 0.4) is 0 Å². The highest BCUT2D eigenvalue weighted by Crippen LogP contribution is 2.55. The maximum Gasteiger partial charge on any atom is 0.169 e. The number of ketones is 1. The maximum absolute atomic E-state index is 13.4. The number of Topliss-reactive ketones (excluding diaryl/α,β-unsaturated/α-hetero) is 1. The molecule has 4 heteroatoms. The Bertz CT molecular complexity index is 505. The van der Waals surface area contributed by atoms with Gasteiger partial charge in [-0.05, 0) is 53.1 Å². The third-order valence-corrected chi connectivity index (χ3v) is 4.73. The Morgan fingerprint density at radius 1 is 1.33 bits per heavy atom. The van der Waals surface area contributed by atoms with Crippen LogP contribution in [0.2, 0.25) is 0 Å². The van der Waals surface area contributed by atoms with Crippen molar-refractivity contribution in [1.29, 1.82) is 0 Å². The van der Waals surface area contributed by atoms with Crippen molar-refractivity contribution in [3.63, 3.8) is 0 Å². The van der Waals surface area contributed by atoms with Crippen LogP contribution < -0.4 is 4.74 Å². The second kappa shape index (κ2) is 4.34. The largest absolute Gasteiger partial charge is 0.496 e. The average molecular weight is 313 g/mol. The topological polar surface area (TPSA) is 26.3 Å². The van der Waals surface area contributed by atoms with E-state index in [1.54, 1.807) is 6.07 Å².